The molecule has 7 heavy (non-hydrogen) atoms. The van der Waals surface area contributed by atoms with E-state index in [0.29, 0.717) is 0 Å². The molecular weight excluding hydrogens is 124 g/mol. The Labute approximate surface area is 54.3 Å². The van der Waals surface area contributed by atoms with E-state index in [-0.39, 0.29) is 21.2 Å². The highest BCUT2D eigenvalue weighted by molar-refractivity contribution is 6.55. The molecule has 0 spiro atoms. The number of rotatable bonds is 2. The average molecular weight is 139 g/mol. The fraction of sp³-hybridized carbons (Fsp3) is 1.00. The molecular formula is C5H15ClSi. The van der Waals surface area contributed by atoms with Crippen molar-refractivity contribution in [1.29, 1.82) is 0 Å². The maximum atomic E-state index is 2.39. The summed E-state index contributed by atoms with van der Waals surface area (Å²) >= 11 is 0. The summed E-state index contributed by atoms with van der Waals surface area (Å²) in [5.41, 5.74) is 0. The summed E-state index contributed by atoms with van der Waals surface area (Å²) < 4.78 is 0. The highest BCUT2D eigenvalue weighted by Crippen LogP contribution is 1.92. The first kappa shape index (κ1) is 10.5. The van der Waals surface area contributed by atoms with E-state index in [1.54, 1.807) is 0 Å². The molecule has 0 rings (SSSR count). The predicted molar refractivity (Wildman–Crippen MR) is 41.2 cm³/mol. The maximum absolute atomic E-state index is 2.39. The van der Waals surface area contributed by atoms with Crippen LogP contribution in [0.2, 0.25) is 19.1 Å². The van der Waals surface area contributed by atoms with E-state index in [1.165, 1.54) is 12.5 Å². The van der Waals surface area contributed by atoms with Gasteiger partial charge in [-0.1, -0.05) is 32.5 Å². The van der Waals surface area contributed by atoms with Gasteiger partial charge in [0, 0.05) is 8.80 Å². The van der Waals surface area contributed by atoms with Crippen molar-refractivity contribution in [2.75, 3.05) is 0 Å². The van der Waals surface area contributed by atoms with Gasteiger partial charge in [-0.25, -0.2) is 0 Å². The Hall–Kier alpha value is 0.507. The summed E-state index contributed by atoms with van der Waals surface area (Å²) in [6, 6.07) is 1.51. The molecule has 0 aliphatic rings. The van der Waals surface area contributed by atoms with Crippen LogP contribution in [0.1, 0.15) is 13.3 Å². The van der Waals surface area contributed by atoms with E-state index in [1.807, 2.05) is 0 Å². The topological polar surface area (TPSA) is 0 Å². The lowest BCUT2D eigenvalue weighted by molar-refractivity contribution is 1.06. The lowest BCUT2D eigenvalue weighted by atomic mass is 10.6. The molecule has 46 valence electrons. The van der Waals surface area contributed by atoms with E-state index in [0.717, 1.165) is 0 Å². The molecule has 0 aromatic rings. The van der Waals surface area contributed by atoms with Gasteiger partial charge in [0.2, 0.25) is 0 Å². The van der Waals surface area contributed by atoms with E-state index in [9.17, 15) is 0 Å². The van der Waals surface area contributed by atoms with E-state index in [4.69, 9.17) is 0 Å². The maximum Gasteiger partial charge on any atom is 0.0305 e. The molecule has 0 bridgehead atoms. The molecule has 0 atom stereocenters. The van der Waals surface area contributed by atoms with Crippen molar-refractivity contribution in [3.8, 4) is 0 Å². The summed E-state index contributed by atoms with van der Waals surface area (Å²) in [5, 5.41) is 0. The van der Waals surface area contributed by atoms with Crippen LogP contribution in [0.5, 0.6) is 0 Å². The molecule has 0 saturated heterocycles. The standard InChI is InChI=1S/C5H14Si.ClH/c1-4-5-6(2)3;/h6H,4-5H2,1-3H3;1H. The van der Waals surface area contributed by atoms with Gasteiger partial charge in [-0.05, 0) is 0 Å². The summed E-state index contributed by atoms with van der Waals surface area (Å²) in [5.74, 6) is 0. The van der Waals surface area contributed by atoms with Gasteiger partial charge in [-0.3, -0.25) is 0 Å². The van der Waals surface area contributed by atoms with Crippen LogP contribution in [0.25, 0.3) is 0 Å². The monoisotopic (exact) mass is 138 g/mol. The Morgan fingerprint density at radius 1 is 1.29 bits per heavy atom. The van der Waals surface area contributed by atoms with Gasteiger partial charge < -0.3 is 0 Å². The van der Waals surface area contributed by atoms with Gasteiger partial charge in [-0.15, -0.1) is 12.4 Å². The van der Waals surface area contributed by atoms with Crippen LogP contribution in [0.15, 0.2) is 0 Å². The number of hydrogen-bond donors (Lipinski definition) is 0. The minimum absolute atomic E-state index is 0. The normalized spacial score (nSPS) is 8.57. The minimum atomic E-state index is -0.171. The molecule has 0 N–H and O–H groups in total. The minimum Gasteiger partial charge on any atom is -0.147 e. The average Bonchev–Trinajstić information content (AvgIpc) is 1.35. The van der Waals surface area contributed by atoms with Crippen molar-refractivity contribution >= 4 is 21.2 Å². The zero-order valence-corrected chi connectivity index (χ0v) is 7.37. The lowest BCUT2D eigenvalue weighted by Gasteiger charge is -1.93. The highest BCUT2D eigenvalue weighted by atomic mass is 35.5. The lowest BCUT2D eigenvalue weighted by Crippen LogP contribution is -1.95. The van der Waals surface area contributed by atoms with Crippen LogP contribution in [0, 0.1) is 0 Å². The van der Waals surface area contributed by atoms with Crippen LogP contribution >= 0.6 is 12.4 Å². The van der Waals surface area contributed by atoms with Crippen molar-refractivity contribution in [3.63, 3.8) is 0 Å². The Morgan fingerprint density at radius 3 is 1.71 bits per heavy atom. The zero-order chi connectivity index (χ0) is 4.99. The Balaban J connectivity index is 0. The highest BCUT2D eigenvalue weighted by Gasteiger charge is 1.88. The molecule has 0 fully saturated rings. The third kappa shape index (κ3) is 10.7. The Bertz CT molecular complexity index is 29.3. The van der Waals surface area contributed by atoms with Gasteiger partial charge in [0.05, 0.1) is 0 Å². The molecule has 2 heteroatoms. The summed E-state index contributed by atoms with van der Waals surface area (Å²) in [6.07, 6.45) is 1.39. The summed E-state index contributed by atoms with van der Waals surface area (Å²) in [7, 11) is -0.171. The van der Waals surface area contributed by atoms with Crippen molar-refractivity contribution < 1.29 is 0 Å². The Morgan fingerprint density at radius 2 is 1.71 bits per heavy atom. The number of halogens is 1. The predicted octanol–water partition coefficient (Wildman–Crippen LogP) is 2.30. The fourth-order valence-corrected chi connectivity index (χ4v) is 1.73. The second kappa shape index (κ2) is 6.51. The largest absolute Gasteiger partial charge is 0.147 e. The fourth-order valence-electron chi connectivity index (χ4n) is 0.577. The van der Waals surface area contributed by atoms with E-state index >= 15 is 0 Å². The van der Waals surface area contributed by atoms with E-state index in [2.05, 4.69) is 20.0 Å². The summed E-state index contributed by atoms with van der Waals surface area (Å²) in [6.45, 7) is 7.04. The van der Waals surface area contributed by atoms with Crippen LogP contribution < -0.4 is 0 Å². The summed E-state index contributed by atoms with van der Waals surface area (Å²) in [4.78, 5) is 0. The first-order valence-corrected chi connectivity index (χ1v) is 5.90. The molecule has 0 heterocycles. The van der Waals surface area contributed by atoms with Crippen molar-refractivity contribution in [3.05, 3.63) is 0 Å². The van der Waals surface area contributed by atoms with Gasteiger partial charge in [0.15, 0.2) is 0 Å². The molecule has 0 radical (unpaired) electrons. The first-order chi connectivity index (χ1) is 2.77. The second-order valence-electron chi connectivity index (χ2n) is 2.18. The molecule has 0 nitrogen and oxygen atoms in total. The van der Waals surface area contributed by atoms with Crippen LogP contribution in [0.4, 0.5) is 0 Å². The van der Waals surface area contributed by atoms with Crippen molar-refractivity contribution in [2.24, 2.45) is 0 Å². The van der Waals surface area contributed by atoms with Crippen LogP contribution in [0.3, 0.4) is 0 Å². The Kier molecular flexibility index (Phi) is 9.74. The quantitative estimate of drug-likeness (QED) is 0.514. The second-order valence-corrected chi connectivity index (χ2v) is 5.55. The van der Waals surface area contributed by atoms with E-state index < -0.39 is 0 Å². The number of hydrogen-bond acceptors (Lipinski definition) is 0. The van der Waals surface area contributed by atoms with Gasteiger partial charge >= 0.3 is 0 Å². The van der Waals surface area contributed by atoms with Crippen molar-refractivity contribution in [2.45, 2.75) is 32.5 Å². The van der Waals surface area contributed by atoms with Crippen LogP contribution in [-0.4, -0.2) is 8.80 Å². The SMILES string of the molecule is CCC[SiH](C)C.Cl. The van der Waals surface area contributed by atoms with Gasteiger partial charge in [0.25, 0.3) is 0 Å². The molecule has 0 aliphatic carbocycles. The molecule has 0 aromatic carbocycles. The molecule has 0 saturated carbocycles. The van der Waals surface area contributed by atoms with Crippen molar-refractivity contribution in [1.82, 2.24) is 0 Å². The smallest absolute Gasteiger partial charge is 0.0305 e. The zero-order valence-electron chi connectivity index (χ0n) is 5.40. The molecule has 0 amide bonds. The molecule has 0 unspecified atom stereocenters. The first-order valence-electron chi connectivity index (χ1n) is 2.77. The molecule has 0 aliphatic heterocycles. The van der Waals surface area contributed by atoms with Crippen LogP contribution in [-0.2, 0) is 0 Å². The molecule has 0 aromatic heterocycles. The van der Waals surface area contributed by atoms with Gasteiger partial charge in [-0.2, -0.15) is 0 Å². The third-order valence-corrected chi connectivity index (χ3v) is 2.60. The van der Waals surface area contributed by atoms with Gasteiger partial charge in [0.1, 0.15) is 0 Å². The third-order valence-electron chi connectivity index (χ3n) is 0.866.